The number of rotatable bonds is 11. The van der Waals surface area contributed by atoms with Crippen LogP contribution in [0.15, 0.2) is 87.5 Å². The Kier molecular flexibility index (Phi) is 10.1. The van der Waals surface area contributed by atoms with E-state index in [0.29, 0.717) is 10.8 Å². The third-order valence-electron chi connectivity index (χ3n) is 5.87. The van der Waals surface area contributed by atoms with E-state index < -0.39 is 17.2 Å². The second-order valence-electron chi connectivity index (χ2n) is 9.41. The third-order valence-corrected chi connectivity index (χ3v) is 6.12. The fourth-order valence-corrected chi connectivity index (χ4v) is 4.10. The lowest BCUT2D eigenvalue weighted by Gasteiger charge is -2.16. The van der Waals surface area contributed by atoms with Crippen LogP contribution in [-0.2, 0) is 13.1 Å². The molecule has 0 aliphatic carbocycles. The number of ether oxygens (including phenoxy) is 2. The summed E-state index contributed by atoms with van der Waals surface area (Å²) in [6.07, 6.45) is 0.254. The molecule has 0 unspecified atom stereocenters. The van der Waals surface area contributed by atoms with Gasteiger partial charge in [0.25, 0.3) is 5.90 Å². The van der Waals surface area contributed by atoms with Crippen molar-refractivity contribution in [1.82, 2.24) is 14.1 Å². The van der Waals surface area contributed by atoms with E-state index in [4.69, 9.17) is 27.6 Å². The molecule has 42 heavy (non-hydrogen) atoms. The third kappa shape index (κ3) is 8.05. The molecular weight excluding hydrogens is 563 g/mol. The molecule has 4 rings (SSSR count). The predicted molar refractivity (Wildman–Crippen MR) is 159 cm³/mol. The van der Waals surface area contributed by atoms with Crippen LogP contribution < -0.4 is 26.2 Å². The molecular formula is C30H28ClFN6O4. The highest BCUT2D eigenvalue weighted by molar-refractivity contribution is 6.30. The lowest BCUT2D eigenvalue weighted by molar-refractivity contribution is 0.231. The molecule has 0 fully saturated rings. The Morgan fingerprint density at radius 3 is 2.50 bits per heavy atom. The fourth-order valence-electron chi connectivity index (χ4n) is 3.98. The molecule has 10 nitrogen and oxygen atoms in total. The van der Waals surface area contributed by atoms with Crippen molar-refractivity contribution >= 4 is 29.1 Å². The molecule has 0 atom stereocenters. The molecule has 4 aromatic rings. The van der Waals surface area contributed by atoms with Crippen LogP contribution >= 0.6 is 11.6 Å². The van der Waals surface area contributed by atoms with E-state index in [1.165, 1.54) is 16.7 Å². The van der Waals surface area contributed by atoms with Gasteiger partial charge in [0.2, 0.25) is 5.95 Å². The summed E-state index contributed by atoms with van der Waals surface area (Å²) in [5, 5.41) is 7.13. The first-order chi connectivity index (χ1) is 20.2. The summed E-state index contributed by atoms with van der Waals surface area (Å²) in [5.41, 5.74) is -0.412. The highest BCUT2D eigenvalue weighted by Crippen LogP contribution is 2.24. The predicted octanol–water partition coefficient (Wildman–Crippen LogP) is 5.87. The van der Waals surface area contributed by atoms with Gasteiger partial charge >= 0.3 is 11.4 Å². The van der Waals surface area contributed by atoms with E-state index in [1.807, 2.05) is 6.07 Å². The monoisotopic (exact) mass is 590 g/mol. The summed E-state index contributed by atoms with van der Waals surface area (Å²) < 4.78 is 28.1. The zero-order chi connectivity index (χ0) is 30.1. The van der Waals surface area contributed by atoms with Crippen LogP contribution in [0.2, 0.25) is 5.02 Å². The van der Waals surface area contributed by atoms with Crippen LogP contribution in [0, 0.1) is 12.4 Å². The molecule has 216 valence electrons. The summed E-state index contributed by atoms with van der Waals surface area (Å²) in [6, 6.07) is 20.0. The van der Waals surface area contributed by atoms with Crippen molar-refractivity contribution < 1.29 is 13.9 Å². The van der Waals surface area contributed by atoms with Gasteiger partial charge in [0.1, 0.15) is 10.9 Å². The maximum Gasteiger partial charge on any atom is 0.354 e. The van der Waals surface area contributed by atoms with Gasteiger partial charge in [-0.2, -0.15) is 11.6 Å². The van der Waals surface area contributed by atoms with Crippen molar-refractivity contribution in [2.75, 3.05) is 5.32 Å². The van der Waals surface area contributed by atoms with E-state index in [1.54, 1.807) is 68.4 Å². The van der Waals surface area contributed by atoms with Crippen molar-refractivity contribution in [1.29, 1.82) is 0 Å². The number of nitrogens with zero attached hydrogens (tertiary/aromatic N) is 5. The van der Waals surface area contributed by atoms with Gasteiger partial charge in [-0.25, -0.2) is 18.5 Å². The molecule has 0 aliphatic heterocycles. The topological polar surface area (TPSA) is 104 Å². The molecule has 0 amide bonds. The molecule has 0 bridgehead atoms. The summed E-state index contributed by atoms with van der Waals surface area (Å²) in [5.74, 6) is 0.0810. The average molecular weight is 591 g/mol. The van der Waals surface area contributed by atoms with E-state index in [2.05, 4.69) is 20.4 Å². The summed E-state index contributed by atoms with van der Waals surface area (Å²) in [7, 11) is 0. The fraction of sp³-hybridized carbons (Fsp3) is 0.233. The van der Waals surface area contributed by atoms with Gasteiger partial charge in [-0.15, -0.1) is 4.95 Å². The van der Waals surface area contributed by atoms with Crippen molar-refractivity contribution in [2.24, 2.45) is 5.10 Å². The van der Waals surface area contributed by atoms with Gasteiger partial charge in [-0.3, -0.25) is 4.57 Å². The zero-order valence-corrected chi connectivity index (χ0v) is 23.7. The number of hydrogen-bond donors (Lipinski definition) is 1. The second-order valence-corrected chi connectivity index (χ2v) is 9.85. The van der Waals surface area contributed by atoms with Crippen LogP contribution in [0.3, 0.4) is 0 Å². The Bertz CT molecular complexity index is 1710. The Morgan fingerprint density at radius 2 is 1.83 bits per heavy atom. The number of anilines is 2. The molecule has 1 aromatic heterocycles. The van der Waals surface area contributed by atoms with Crippen molar-refractivity contribution in [2.45, 2.75) is 45.9 Å². The molecule has 12 heteroatoms. The van der Waals surface area contributed by atoms with Gasteiger partial charge in [0, 0.05) is 29.7 Å². The largest absolute Gasteiger partial charge is 0.488 e. The maximum atomic E-state index is 14.6. The van der Waals surface area contributed by atoms with Crippen LogP contribution in [0.4, 0.5) is 16.0 Å². The van der Waals surface area contributed by atoms with Gasteiger partial charge < -0.3 is 14.8 Å². The number of nitrogens with one attached hydrogen (secondary N) is 1. The molecule has 3 aromatic carbocycles. The van der Waals surface area contributed by atoms with Gasteiger partial charge in [0.15, 0.2) is 11.6 Å². The van der Waals surface area contributed by atoms with E-state index in [9.17, 15) is 14.0 Å². The smallest absolute Gasteiger partial charge is 0.354 e. The maximum absolute atomic E-state index is 14.6. The second kappa shape index (κ2) is 14.1. The molecule has 0 saturated heterocycles. The molecule has 1 N–H and O–H groups in total. The Balaban J connectivity index is 1.61. The van der Waals surface area contributed by atoms with Crippen molar-refractivity contribution in [3.05, 3.63) is 122 Å². The number of para-hydroxylation sites is 1. The minimum atomic E-state index is -0.789. The zero-order valence-electron chi connectivity index (χ0n) is 23.0. The van der Waals surface area contributed by atoms with Crippen LogP contribution in [0.1, 0.15) is 32.3 Å². The van der Waals surface area contributed by atoms with E-state index in [-0.39, 0.29) is 55.3 Å². The highest BCUT2D eigenvalue weighted by Gasteiger charge is 2.16. The van der Waals surface area contributed by atoms with E-state index >= 15 is 0 Å². The Labute approximate surface area is 246 Å². The Morgan fingerprint density at radius 1 is 1.10 bits per heavy atom. The quantitative estimate of drug-likeness (QED) is 0.101. The van der Waals surface area contributed by atoms with Crippen molar-refractivity contribution in [3.63, 3.8) is 0 Å². The summed E-state index contributed by atoms with van der Waals surface area (Å²) >= 11 is 6.02. The molecule has 0 radical (unpaired) electrons. The SMILES string of the molecule is [C-]#[N+]/N=C(\CCCn1c(=O)nc(Nc2ccc(OC(C)C)c(F)c2)n(Cc2ccc(Cl)cc2)c1=O)Oc1ccccc1. The first-order valence-electron chi connectivity index (χ1n) is 13.1. The molecule has 0 spiro atoms. The van der Waals surface area contributed by atoms with Crippen LogP contribution in [0.25, 0.3) is 4.95 Å². The lowest BCUT2D eigenvalue weighted by Crippen LogP contribution is -2.42. The number of hydrogen-bond acceptors (Lipinski definition) is 7. The van der Waals surface area contributed by atoms with Gasteiger partial charge in [-0.1, -0.05) is 41.9 Å². The number of halogens is 2. The molecule has 0 saturated carbocycles. The van der Waals surface area contributed by atoms with Gasteiger partial charge in [0.05, 0.1) is 12.6 Å². The Hall–Kier alpha value is -4.95. The minimum Gasteiger partial charge on any atom is -0.488 e. The number of aromatic nitrogens is 3. The van der Waals surface area contributed by atoms with Crippen molar-refractivity contribution in [3.8, 4) is 11.5 Å². The van der Waals surface area contributed by atoms with Crippen LogP contribution in [0.5, 0.6) is 11.5 Å². The van der Waals surface area contributed by atoms with Gasteiger partial charge in [-0.05, 0) is 62.2 Å². The van der Waals surface area contributed by atoms with E-state index in [0.717, 1.165) is 10.1 Å². The average Bonchev–Trinajstić information content (AvgIpc) is 2.95. The minimum absolute atomic E-state index is 0.00337. The number of benzene rings is 3. The summed E-state index contributed by atoms with van der Waals surface area (Å²) in [6.45, 7) is 10.7. The molecule has 0 aliphatic rings. The highest BCUT2D eigenvalue weighted by atomic mass is 35.5. The van der Waals surface area contributed by atoms with Crippen LogP contribution in [-0.4, -0.2) is 26.1 Å². The molecule has 1 heterocycles. The first-order valence-corrected chi connectivity index (χ1v) is 13.5. The standard InChI is InChI=1S/C30H28ClFN6O4/c1-20(2)41-26-16-15-23(18-25(26)32)34-28-35-29(39)37(30(40)38(28)19-21-11-13-22(31)14-12-21)17-7-10-27(36-33-3)42-24-8-5-4-6-9-24/h4-6,8-9,11-16,18,20H,7,10,17,19H2,1-2H3,(H,34,35,39)/b36-27+. The summed E-state index contributed by atoms with van der Waals surface area (Å²) in [4.78, 5) is 33.8. The first kappa shape index (κ1) is 30.0. The normalized spacial score (nSPS) is 11.3. The lowest BCUT2D eigenvalue weighted by atomic mass is 10.2.